The Bertz CT molecular complexity index is 948. The third-order valence-corrected chi connectivity index (χ3v) is 5.48. The second-order valence-electron chi connectivity index (χ2n) is 6.47. The third-order valence-electron chi connectivity index (χ3n) is 4.61. The summed E-state index contributed by atoms with van der Waals surface area (Å²) in [6.07, 6.45) is 3.48. The van der Waals surface area contributed by atoms with Crippen LogP contribution in [-0.4, -0.2) is 61.7 Å². The van der Waals surface area contributed by atoms with E-state index in [9.17, 15) is 4.79 Å². The van der Waals surface area contributed by atoms with E-state index in [1.807, 2.05) is 19.1 Å². The van der Waals surface area contributed by atoms with Gasteiger partial charge in [0.2, 0.25) is 5.13 Å². The molecule has 27 heavy (non-hydrogen) atoms. The Kier molecular flexibility index (Phi) is 5.21. The van der Waals surface area contributed by atoms with Crippen molar-refractivity contribution in [1.29, 1.82) is 0 Å². The van der Waals surface area contributed by atoms with Gasteiger partial charge in [-0.1, -0.05) is 0 Å². The predicted octanol–water partition coefficient (Wildman–Crippen LogP) is 1.29. The molecule has 0 atom stereocenters. The summed E-state index contributed by atoms with van der Waals surface area (Å²) in [5.41, 5.74) is 1.59. The summed E-state index contributed by atoms with van der Waals surface area (Å²) >= 11 is 1.45. The van der Waals surface area contributed by atoms with Crippen LogP contribution < -0.4 is 10.5 Å². The van der Waals surface area contributed by atoms with E-state index in [0.29, 0.717) is 6.54 Å². The predicted molar refractivity (Wildman–Crippen MR) is 105 cm³/mol. The highest BCUT2D eigenvalue weighted by molar-refractivity contribution is 7.09. The molecular weight excluding hydrogens is 362 g/mol. The maximum Gasteiger partial charge on any atom is 0.266 e. The van der Waals surface area contributed by atoms with E-state index in [0.717, 1.165) is 54.9 Å². The molecule has 0 unspecified atom stereocenters. The van der Waals surface area contributed by atoms with Gasteiger partial charge in [-0.15, -0.1) is 0 Å². The lowest BCUT2D eigenvalue weighted by Crippen LogP contribution is -2.47. The summed E-state index contributed by atoms with van der Waals surface area (Å²) in [5.74, 6) is 0.830. The Labute approximate surface area is 161 Å². The van der Waals surface area contributed by atoms with Gasteiger partial charge in [-0.05, 0) is 25.1 Å². The van der Waals surface area contributed by atoms with Gasteiger partial charge < -0.3 is 4.90 Å². The lowest BCUT2D eigenvalue weighted by Gasteiger charge is -2.34. The van der Waals surface area contributed by atoms with E-state index >= 15 is 0 Å². The molecule has 0 aliphatic carbocycles. The number of nitrogens with zero attached hydrogens (tertiary/aromatic N) is 7. The summed E-state index contributed by atoms with van der Waals surface area (Å²) in [6.45, 7) is 7.02. The molecular formula is C18H21N7OS. The van der Waals surface area contributed by atoms with Gasteiger partial charge in [-0.25, -0.2) is 9.67 Å². The molecule has 1 aliphatic heterocycles. The molecule has 0 N–H and O–H groups in total. The Morgan fingerprint density at radius 1 is 1.11 bits per heavy atom. The Morgan fingerprint density at radius 2 is 1.96 bits per heavy atom. The van der Waals surface area contributed by atoms with Crippen LogP contribution in [0.15, 0.2) is 41.5 Å². The van der Waals surface area contributed by atoms with Gasteiger partial charge in [0.25, 0.3) is 5.56 Å². The molecule has 3 aromatic heterocycles. The minimum atomic E-state index is -0.0781. The molecule has 0 spiro atoms. The molecule has 0 saturated carbocycles. The van der Waals surface area contributed by atoms with Crippen LogP contribution in [0.25, 0.3) is 11.3 Å². The topological polar surface area (TPSA) is 80.0 Å². The van der Waals surface area contributed by atoms with Gasteiger partial charge in [0.05, 0.1) is 12.2 Å². The molecule has 9 heteroatoms. The first kappa shape index (κ1) is 17.7. The van der Waals surface area contributed by atoms with Crippen LogP contribution in [0, 0.1) is 6.92 Å². The molecule has 4 rings (SSSR count). The normalized spacial score (nSPS) is 15.2. The molecule has 4 heterocycles. The number of piperazine rings is 1. The van der Waals surface area contributed by atoms with Crippen LogP contribution in [0.4, 0.5) is 5.13 Å². The number of aromatic nitrogens is 5. The van der Waals surface area contributed by atoms with Crippen molar-refractivity contribution >= 4 is 16.7 Å². The molecule has 0 aromatic carbocycles. The molecule has 1 aliphatic rings. The zero-order chi connectivity index (χ0) is 18.6. The van der Waals surface area contributed by atoms with Gasteiger partial charge in [-0.3, -0.25) is 14.7 Å². The molecule has 3 aromatic rings. The lowest BCUT2D eigenvalue weighted by atomic mass is 10.2. The minimum absolute atomic E-state index is 0.0781. The molecule has 1 saturated heterocycles. The van der Waals surface area contributed by atoms with Crippen LogP contribution in [0.1, 0.15) is 5.82 Å². The van der Waals surface area contributed by atoms with E-state index in [4.69, 9.17) is 0 Å². The average molecular weight is 383 g/mol. The fourth-order valence-corrected chi connectivity index (χ4v) is 3.82. The number of hydrogen-bond donors (Lipinski definition) is 0. The fourth-order valence-electron chi connectivity index (χ4n) is 3.09. The van der Waals surface area contributed by atoms with Gasteiger partial charge in [0, 0.05) is 68.3 Å². The van der Waals surface area contributed by atoms with Crippen LogP contribution >= 0.6 is 11.5 Å². The van der Waals surface area contributed by atoms with E-state index in [2.05, 4.69) is 29.2 Å². The van der Waals surface area contributed by atoms with Gasteiger partial charge in [-0.2, -0.15) is 9.47 Å². The van der Waals surface area contributed by atoms with E-state index < -0.39 is 0 Å². The van der Waals surface area contributed by atoms with Gasteiger partial charge in [0.1, 0.15) is 5.82 Å². The largest absolute Gasteiger partial charge is 0.344 e. The first-order valence-electron chi connectivity index (χ1n) is 8.95. The number of aryl methyl sites for hydroxylation is 1. The lowest BCUT2D eigenvalue weighted by molar-refractivity contribution is 0.243. The van der Waals surface area contributed by atoms with Crippen LogP contribution in [0.2, 0.25) is 0 Å². The van der Waals surface area contributed by atoms with Crippen molar-refractivity contribution in [2.75, 3.05) is 37.6 Å². The molecule has 1 fully saturated rings. The Hall–Kier alpha value is -2.65. The first-order chi connectivity index (χ1) is 13.2. The van der Waals surface area contributed by atoms with Gasteiger partial charge >= 0.3 is 0 Å². The fraction of sp³-hybridized carbons (Fsp3) is 0.389. The molecule has 140 valence electrons. The summed E-state index contributed by atoms with van der Waals surface area (Å²) < 4.78 is 5.80. The summed E-state index contributed by atoms with van der Waals surface area (Å²) in [7, 11) is 0. The van der Waals surface area contributed by atoms with Crippen molar-refractivity contribution in [3.63, 3.8) is 0 Å². The van der Waals surface area contributed by atoms with E-state index in [1.165, 1.54) is 11.5 Å². The summed E-state index contributed by atoms with van der Waals surface area (Å²) in [6, 6.07) is 7.13. The van der Waals surface area contributed by atoms with Crippen molar-refractivity contribution < 1.29 is 0 Å². The van der Waals surface area contributed by atoms with Crippen LogP contribution in [0.5, 0.6) is 0 Å². The number of hydrogen-bond acceptors (Lipinski definition) is 8. The molecule has 0 radical (unpaired) electrons. The Morgan fingerprint density at radius 3 is 2.67 bits per heavy atom. The van der Waals surface area contributed by atoms with E-state index in [1.54, 1.807) is 29.2 Å². The third kappa shape index (κ3) is 4.20. The van der Waals surface area contributed by atoms with Crippen LogP contribution in [-0.2, 0) is 6.54 Å². The standard InChI is InChI=1S/C18H21N7OS/c1-14-20-18(27-22-14)24-10-7-23(8-11-24)9-12-25-17(26)5-4-16(21-25)15-3-2-6-19-13-15/h2-6,13H,7-12H2,1H3. The molecule has 8 nitrogen and oxygen atoms in total. The first-order valence-corrected chi connectivity index (χ1v) is 9.72. The SMILES string of the molecule is Cc1nsc(N2CCN(CCn3nc(-c4cccnc4)ccc3=O)CC2)n1. The molecule has 0 bridgehead atoms. The highest BCUT2D eigenvalue weighted by Gasteiger charge is 2.19. The van der Waals surface area contributed by atoms with Crippen molar-refractivity contribution in [2.24, 2.45) is 0 Å². The second-order valence-corrected chi connectivity index (χ2v) is 7.20. The number of rotatable bonds is 5. The van der Waals surface area contributed by atoms with Gasteiger partial charge in [0.15, 0.2) is 0 Å². The van der Waals surface area contributed by atoms with Crippen molar-refractivity contribution in [2.45, 2.75) is 13.5 Å². The summed E-state index contributed by atoms with van der Waals surface area (Å²) in [4.78, 5) is 25.4. The zero-order valence-corrected chi connectivity index (χ0v) is 16.0. The van der Waals surface area contributed by atoms with Crippen molar-refractivity contribution in [3.05, 3.63) is 52.8 Å². The average Bonchev–Trinajstić information content (AvgIpc) is 3.15. The smallest absolute Gasteiger partial charge is 0.266 e. The second kappa shape index (κ2) is 7.93. The highest BCUT2D eigenvalue weighted by Crippen LogP contribution is 2.18. The maximum absolute atomic E-state index is 12.2. The quantitative estimate of drug-likeness (QED) is 0.657. The van der Waals surface area contributed by atoms with E-state index in [-0.39, 0.29) is 5.56 Å². The maximum atomic E-state index is 12.2. The number of pyridine rings is 1. The Balaban J connectivity index is 1.36. The van der Waals surface area contributed by atoms with Crippen LogP contribution in [0.3, 0.4) is 0 Å². The zero-order valence-electron chi connectivity index (χ0n) is 15.2. The molecule has 0 amide bonds. The minimum Gasteiger partial charge on any atom is -0.344 e. The van der Waals surface area contributed by atoms with Crippen molar-refractivity contribution in [3.8, 4) is 11.3 Å². The highest BCUT2D eigenvalue weighted by atomic mass is 32.1. The number of anilines is 1. The monoisotopic (exact) mass is 383 g/mol. The van der Waals surface area contributed by atoms with Crippen molar-refractivity contribution in [1.82, 2.24) is 29.0 Å². The summed E-state index contributed by atoms with van der Waals surface area (Å²) in [5, 5.41) is 5.50.